The second-order valence-electron chi connectivity index (χ2n) is 4.50. The molecule has 2 aromatic rings. The zero-order valence-corrected chi connectivity index (χ0v) is 11.2. The summed E-state index contributed by atoms with van der Waals surface area (Å²) in [6.07, 6.45) is 0. The Bertz CT molecular complexity index is 539. The summed E-state index contributed by atoms with van der Waals surface area (Å²) in [7, 11) is 0. The van der Waals surface area contributed by atoms with E-state index in [0.29, 0.717) is 0 Å². The van der Waals surface area contributed by atoms with E-state index in [0.717, 1.165) is 17.8 Å². The molecule has 2 nitrogen and oxygen atoms in total. The van der Waals surface area contributed by atoms with Crippen molar-refractivity contribution >= 4 is 5.69 Å². The molecule has 0 saturated carbocycles. The van der Waals surface area contributed by atoms with E-state index in [1.807, 2.05) is 26.0 Å². The third-order valence-electron chi connectivity index (χ3n) is 3.35. The molecule has 0 aromatic heterocycles. The lowest BCUT2D eigenvalue weighted by molar-refractivity contribution is 0.461. The van der Waals surface area contributed by atoms with Crippen molar-refractivity contribution in [1.29, 1.82) is 0 Å². The second-order valence-corrected chi connectivity index (χ2v) is 4.50. The molecule has 1 N–H and O–H groups in total. The van der Waals surface area contributed by atoms with E-state index in [-0.39, 0.29) is 17.6 Å². The smallest absolute Gasteiger partial charge is 0.123 e. The number of rotatable bonds is 4. The van der Waals surface area contributed by atoms with Crippen LogP contribution in [0.2, 0.25) is 0 Å². The molecule has 0 aliphatic carbocycles. The van der Waals surface area contributed by atoms with Crippen LogP contribution in [0.1, 0.15) is 25.5 Å². The fourth-order valence-electron chi connectivity index (χ4n) is 2.32. The second kappa shape index (κ2) is 5.74. The predicted octanol–water partition coefficient (Wildman–Crippen LogP) is 4.12. The number of benzene rings is 2. The van der Waals surface area contributed by atoms with Crippen LogP contribution in [0.3, 0.4) is 0 Å². The molecule has 0 aliphatic heterocycles. The average molecular weight is 259 g/mol. The fraction of sp³-hybridized carbons (Fsp3) is 0.250. The normalized spacial score (nSPS) is 12.2. The lowest BCUT2D eigenvalue weighted by Crippen LogP contribution is -2.26. The maximum atomic E-state index is 13.0. The summed E-state index contributed by atoms with van der Waals surface area (Å²) in [6, 6.07) is 13.8. The Morgan fingerprint density at radius 3 is 2.32 bits per heavy atom. The van der Waals surface area contributed by atoms with Gasteiger partial charge in [0, 0.05) is 17.8 Å². The first-order chi connectivity index (χ1) is 9.13. The van der Waals surface area contributed by atoms with Gasteiger partial charge in [0.2, 0.25) is 0 Å². The number of nitrogens with zero attached hydrogens (tertiary/aromatic N) is 1. The van der Waals surface area contributed by atoms with Gasteiger partial charge < -0.3 is 10.0 Å². The van der Waals surface area contributed by atoms with Crippen molar-refractivity contribution in [3.05, 3.63) is 59.9 Å². The summed E-state index contributed by atoms with van der Waals surface area (Å²) in [5, 5.41) is 9.93. The van der Waals surface area contributed by atoms with Crippen molar-refractivity contribution in [3.8, 4) is 5.75 Å². The van der Waals surface area contributed by atoms with E-state index in [2.05, 4.69) is 4.90 Å². The number of phenolic OH excluding ortho intramolecular Hbond substituents is 1. The molecule has 2 rings (SSSR count). The lowest BCUT2D eigenvalue weighted by atomic mass is 10.0. The van der Waals surface area contributed by atoms with E-state index in [1.54, 1.807) is 24.3 Å². The number of hydrogen-bond donors (Lipinski definition) is 1. The van der Waals surface area contributed by atoms with Crippen molar-refractivity contribution < 1.29 is 9.50 Å². The molecule has 1 atom stereocenters. The highest BCUT2D eigenvalue weighted by Crippen LogP contribution is 2.31. The molecule has 0 radical (unpaired) electrons. The van der Waals surface area contributed by atoms with Gasteiger partial charge in [0.15, 0.2) is 0 Å². The first-order valence-electron chi connectivity index (χ1n) is 6.43. The molecule has 1 unspecified atom stereocenters. The topological polar surface area (TPSA) is 23.5 Å². The van der Waals surface area contributed by atoms with Gasteiger partial charge in [0.05, 0.1) is 6.04 Å². The minimum Gasteiger partial charge on any atom is -0.508 e. The average Bonchev–Trinajstić information content (AvgIpc) is 2.42. The third-order valence-corrected chi connectivity index (χ3v) is 3.35. The molecule has 0 bridgehead atoms. The molecule has 2 aromatic carbocycles. The minimum atomic E-state index is -0.241. The van der Waals surface area contributed by atoms with Gasteiger partial charge in [-0.25, -0.2) is 4.39 Å². The summed E-state index contributed by atoms with van der Waals surface area (Å²) in [5.74, 6) is 0.0468. The van der Waals surface area contributed by atoms with Crippen molar-refractivity contribution in [3.63, 3.8) is 0 Å². The van der Waals surface area contributed by atoms with E-state index in [9.17, 15) is 9.50 Å². The van der Waals surface area contributed by atoms with Gasteiger partial charge >= 0.3 is 0 Å². The highest BCUT2D eigenvalue weighted by atomic mass is 19.1. The van der Waals surface area contributed by atoms with E-state index >= 15 is 0 Å². The lowest BCUT2D eigenvalue weighted by Gasteiger charge is -2.31. The maximum absolute atomic E-state index is 13.0. The Morgan fingerprint density at radius 1 is 1.11 bits per heavy atom. The Labute approximate surface area is 113 Å². The summed E-state index contributed by atoms with van der Waals surface area (Å²) in [6.45, 7) is 4.85. The van der Waals surface area contributed by atoms with E-state index in [4.69, 9.17) is 0 Å². The summed E-state index contributed by atoms with van der Waals surface area (Å²) in [5.41, 5.74) is 1.81. The highest BCUT2D eigenvalue weighted by molar-refractivity contribution is 5.50. The SMILES string of the molecule is CCN(c1ccc(F)cc1)C(C)c1ccccc1O. The predicted molar refractivity (Wildman–Crippen MR) is 75.9 cm³/mol. The van der Waals surface area contributed by atoms with Crippen molar-refractivity contribution in [1.82, 2.24) is 0 Å². The number of hydrogen-bond acceptors (Lipinski definition) is 2. The van der Waals surface area contributed by atoms with E-state index < -0.39 is 0 Å². The first kappa shape index (κ1) is 13.4. The van der Waals surface area contributed by atoms with Crippen LogP contribution in [-0.2, 0) is 0 Å². The molecule has 3 heteroatoms. The van der Waals surface area contributed by atoms with E-state index in [1.165, 1.54) is 12.1 Å². The molecule has 0 saturated heterocycles. The van der Waals surface area contributed by atoms with Gasteiger partial charge in [-0.15, -0.1) is 0 Å². The molecule has 0 heterocycles. The number of phenols is 1. The fourth-order valence-corrected chi connectivity index (χ4v) is 2.32. The van der Waals surface area contributed by atoms with Crippen LogP contribution in [0.25, 0.3) is 0 Å². The van der Waals surface area contributed by atoms with Gasteiger partial charge in [0.25, 0.3) is 0 Å². The van der Waals surface area contributed by atoms with Gasteiger partial charge in [-0.3, -0.25) is 0 Å². The van der Waals surface area contributed by atoms with Gasteiger partial charge in [-0.2, -0.15) is 0 Å². The summed E-state index contributed by atoms with van der Waals surface area (Å²) >= 11 is 0. The Kier molecular flexibility index (Phi) is 4.05. The molecule has 19 heavy (non-hydrogen) atoms. The minimum absolute atomic E-state index is 0.0247. The van der Waals surface area contributed by atoms with Crippen LogP contribution in [0.5, 0.6) is 5.75 Å². The number of aromatic hydroxyl groups is 1. The van der Waals surface area contributed by atoms with Gasteiger partial charge in [-0.1, -0.05) is 18.2 Å². The zero-order valence-electron chi connectivity index (χ0n) is 11.2. The largest absolute Gasteiger partial charge is 0.508 e. The van der Waals surface area contributed by atoms with Gasteiger partial charge in [-0.05, 0) is 44.2 Å². The van der Waals surface area contributed by atoms with Gasteiger partial charge in [0.1, 0.15) is 11.6 Å². The van der Waals surface area contributed by atoms with Crippen LogP contribution in [-0.4, -0.2) is 11.7 Å². The van der Waals surface area contributed by atoms with Crippen LogP contribution in [0, 0.1) is 5.82 Å². The molecule has 0 amide bonds. The third kappa shape index (κ3) is 2.87. The summed E-state index contributed by atoms with van der Waals surface area (Å²) < 4.78 is 13.0. The molecule has 100 valence electrons. The highest BCUT2D eigenvalue weighted by Gasteiger charge is 2.17. The van der Waals surface area contributed by atoms with Crippen molar-refractivity contribution in [2.24, 2.45) is 0 Å². The molecular formula is C16H18FNO. The molecule has 0 fully saturated rings. The molecule has 0 aliphatic rings. The van der Waals surface area contributed by atoms with Crippen LogP contribution >= 0.6 is 0 Å². The Morgan fingerprint density at radius 2 is 1.74 bits per heavy atom. The summed E-state index contributed by atoms with van der Waals surface area (Å²) in [4.78, 5) is 2.12. The number of anilines is 1. The maximum Gasteiger partial charge on any atom is 0.123 e. The molecule has 0 spiro atoms. The standard InChI is InChI=1S/C16H18FNO/c1-3-18(14-10-8-13(17)9-11-14)12(2)15-6-4-5-7-16(15)19/h4-12,19H,3H2,1-2H3. The zero-order chi connectivity index (χ0) is 13.8. The van der Waals surface area contributed by atoms with Crippen LogP contribution < -0.4 is 4.90 Å². The quantitative estimate of drug-likeness (QED) is 0.892. The number of para-hydroxylation sites is 1. The monoisotopic (exact) mass is 259 g/mol. The first-order valence-corrected chi connectivity index (χ1v) is 6.43. The number of halogens is 1. The Balaban J connectivity index is 2.32. The van der Waals surface area contributed by atoms with Crippen molar-refractivity contribution in [2.45, 2.75) is 19.9 Å². The van der Waals surface area contributed by atoms with Crippen molar-refractivity contribution in [2.75, 3.05) is 11.4 Å². The van der Waals surface area contributed by atoms with Crippen LogP contribution in [0.4, 0.5) is 10.1 Å². The Hall–Kier alpha value is -2.03. The van der Waals surface area contributed by atoms with Crippen LogP contribution in [0.15, 0.2) is 48.5 Å². The molecular weight excluding hydrogens is 241 g/mol.